The van der Waals surface area contributed by atoms with Gasteiger partial charge in [0.25, 0.3) is 5.91 Å². The zero-order chi connectivity index (χ0) is 27.5. The largest absolute Gasteiger partial charge is 0.392 e. The first-order valence-electron chi connectivity index (χ1n) is 13.0. The number of benzene rings is 2. The van der Waals surface area contributed by atoms with Gasteiger partial charge in [-0.1, -0.05) is 24.3 Å². The normalized spacial score (nSPS) is 12.6. The third-order valence-electron chi connectivity index (χ3n) is 6.83. The monoisotopic (exact) mass is 552 g/mol. The van der Waals surface area contributed by atoms with E-state index in [2.05, 4.69) is 30.6 Å². The fourth-order valence-electron chi connectivity index (χ4n) is 4.85. The van der Waals surface area contributed by atoms with E-state index in [-0.39, 0.29) is 24.4 Å². The molecule has 1 amide bonds. The lowest BCUT2D eigenvalue weighted by molar-refractivity contribution is 0.103. The molecule has 3 aromatic heterocycles. The highest BCUT2D eigenvalue weighted by Crippen LogP contribution is 2.32. The summed E-state index contributed by atoms with van der Waals surface area (Å²) in [5.74, 6) is 0.401. The Morgan fingerprint density at radius 3 is 2.70 bits per heavy atom. The number of aromatic nitrogens is 5. The summed E-state index contributed by atoms with van der Waals surface area (Å²) in [5, 5.41) is 16.4. The molecule has 40 heavy (non-hydrogen) atoms. The van der Waals surface area contributed by atoms with Gasteiger partial charge >= 0.3 is 0 Å². The van der Waals surface area contributed by atoms with E-state index in [9.17, 15) is 9.90 Å². The van der Waals surface area contributed by atoms with Crippen LogP contribution in [0.3, 0.4) is 0 Å². The van der Waals surface area contributed by atoms with Crippen LogP contribution in [0, 0.1) is 0 Å². The van der Waals surface area contributed by atoms with E-state index < -0.39 is 0 Å². The quantitative estimate of drug-likeness (QED) is 0.215. The summed E-state index contributed by atoms with van der Waals surface area (Å²) >= 11 is 1.55. The molecule has 6 rings (SSSR count). The average molecular weight is 553 g/mol. The Kier molecular flexibility index (Phi) is 7.21. The molecule has 5 aromatic rings. The fraction of sp³-hybridized carbons (Fsp3) is 0.207. The number of aliphatic hydroxyl groups excluding tert-OH is 1. The number of carbonyl (C=O) groups excluding carboxylic acids is 1. The number of nitrogens with zero attached hydrogens (tertiary/aromatic N) is 5. The van der Waals surface area contributed by atoms with Crippen LogP contribution in [0.4, 0.5) is 23.3 Å². The van der Waals surface area contributed by atoms with Crippen LogP contribution in [0.1, 0.15) is 44.1 Å². The van der Waals surface area contributed by atoms with Gasteiger partial charge in [-0.3, -0.25) is 4.79 Å². The molecule has 1 aliphatic rings. The molecule has 0 fully saturated rings. The van der Waals surface area contributed by atoms with Gasteiger partial charge in [-0.25, -0.2) is 4.98 Å². The van der Waals surface area contributed by atoms with Gasteiger partial charge < -0.3 is 26.0 Å². The minimum Gasteiger partial charge on any atom is -0.392 e. The van der Waals surface area contributed by atoms with Gasteiger partial charge in [-0.05, 0) is 61.1 Å². The maximum atomic E-state index is 13.1. The second-order valence-corrected chi connectivity index (χ2v) is 10.7. The molecule has 1 aliphatic carbocycles. The van der Waals surface area contributed by atoms with E-state index in [1.54, 1.807) is 42.1 Å². The zero-order valence-corrected chi connectivity index (χ0v) is 22.5. The van der Waals surface area contributed by atoms with Gasteiger partial charge in [-0.15, -0.1) is 11.3 Å². The highest BCUT2D eigenvalue weighted by Gasteiger charge is 2.20. The molecule has 10 nitrogen and oxygen atoms in total. The molecule has 0 saturated carbocycles. The van der Waals surface area contributed by atoms with Crippen molar-refractivity contribution in [1.82, 2.24) is 24.5 Å². The molecule has 202 valence electrons. The van der Waals surface area contributed by atoms with Gasteiger partial charge in [0.1, 0.15) is 0 Å². The van der Waals surface area contributed by atoms with Crippen molar-refractivity contribution < 1.29 is 9.90 Å². The Morgan fingerprint density at radius 2 is 1.93 bits per heavy atom. The Morgan fingerprint density at radius 1 is 1.07 bits per heavy atom. The average Bonchev–Trinajstić information content (AvgIpc) is 3.64. The van der Waals surface area contributed by atoms with Gasteiger partial charge in [0.2, 0.25) is 11.9 Å². The number of anilines is 4. The lowest BCUT2D eigenvalue weighted by atomic mass is 9.99. The van der Waals surface area contributed by atoms with Crippen molar-refractivity contribution >= 4 is 40.5 Å². The summed E-state index contributed by atoms with van der Waals surface area (Å²) in [5.41, 5.74) is 10.8. The number of hydrogen-bond acceptors (Lipinski definition) is 9. The van der Waals surface area contributed by atoms with Crippen molar-refractivity contribution in [1.29, 1.82) is 0 Å². The van der Waals surface area contributed by atoms with Crippen molar-refractivity contribution in [3.05, 3.63) is 93.7 Å². The molecule has 5 N–H and O–H groups in total. The van der Waals surface area contributed by atoms with E-state index in [0.29, 0.717) is 27.5 Å². The molecule has 2 aromatic carbocycles. The standard InChI is InChI=1S/C29H28N8O2S/c30-28-34-26(35-29(36-28)32-20-10-8-18(9-11-20)15-37-13-12-31-17-37)21-5-3-6-23(22(21)16-38)33-27(39)25-14-19-4-1-2-7-24(19)40-25/h3,5-6,8-14,17,38H,1-2,4,7,15-16H2,(H,33,39)(H3,30,32,34,35,36). The molecule has 0 atom stereocenters. The Balaban J connectivity index is 1.23. The fourth-order valence-corrected chi connectivity index (χ4v) is 6.00. The smallest absolute Gasteiger partial charge is 0.265 e. The number of rotatable bonds is 8. The molecule has 0 radical (unpaired) electrons. The van der Waals surface area contributed by atoms with Gasteiger partial charge in [0.15, 0.2) is 5.82 Å². The number of carbonyl (C=O) groups is 1. The molecule has 0 saturated heterocycles. The summed E-state index contributed by atoms with van der Waals surface area (Å²) in [7, 11) is 0. The van der Waals surface area contributed by atoms with E-state index in [1.807, 2.05) is 41.1 Å². The van der Waals surface area contributed by atoms with E-state index in [0.717, 1.165) is 43.5 Å². The molecule has 0 unspecified atom stereocenters. The van der Waals surface area contributed by atoms with Gasteiger partial charge in [0.05, 0.1) is 17.8 Å². The number of amides is 1. The van der Waals surface area contributed by atoms with Crippen LogP contribution in [0.15, 0.2) is 67.3 Å². The zero-order valence-electron chi connectivity index (χ0n) is 21.7. The number of nitrogens with two attached hydrogens (primary N) is 1. The van der Waals surface area contributed by atoms with E-state index in [1.165, 1.54) is 10.4 Å². The number of nitrogens with one attached hydrogen (secondary N) is 2. The minimum absolute atomic E-state index is 0.0340. The molecule has 11 heteroatoms. The van der Waals surface area contributed by atoms with Crippen LogP contribution in [-0.4, -0.2) is 35.5 Å². The highest BCUT2D eigenvalue weighted by atomic mass is 32.1. The van der Waals surface area contributed by atoms with Crippen LogP contribution >= 0.6 is 11.3 Å². The SMILES string of the molecule is Nc1nc(Nc2ccc(Cn3ccnc3)cc2)nc(-c2cccc(NC(=O)c3cc4c(s3)CCCC4)c2CO)n1. The van der Waals surface area contributed by atoms with E-state index in [4.69, 9.17) is 5.73 Å². The third-order valence-corrected chi connectivity index (χ3v) is 8.07. The lowest BCUT2D eigenvalue weighted by Gasteiger charge is -2.14. The number of aliphatic hydroxyl groups is 1. The highest BCUT2D eigenvalue weighted by molar-refractivity contribution is 7.14. The first kappa shape index (κ1) is 25.7. The summed E-state index contributed by atoms with van der Waals surface area (Å²) in [6.07, 6.45) is 9.80. The van der Waals surface area contributed by atoms with Crippen LogP contribution in [-0.2, 0) is 26.0 Å². The summed E-state index contributed by atoms with van der Waals surface area (Å²) < 4.78 is 1.99. The Hall–Kier alpha value is -4.61. The summed E-state index contributed by atoms with van der Waals surface area (Å²) in [6.45, 7) is 0.397. The van der Waals surface area contributed by atoms with Gasteiger partial charge in [0, 0.05) is 46.3 Å². The lowest BCUT2D eigenvalue weighted by Crippen LogP contribution is -2.13. The molecule has 0 aliphatic heterocycles. The van der Waals surface area contributed by atoms with Crippen LogP contribution in [0.5, 0.6) is 0 Å². The number of thiophene rings is 1. The maximum Gasteiger partial charge on any atom is 0.265 e. The number of fused-ring (bicyclic) bond motifs is 1. The van der Waals surface area contributed by atoms with Crippen molar-refractivity contribution in [3.63, 3.8) is 0 Å². The second kappa shape index (κ2) is 11.2. The topological polar surface area (TPSA) is 144 Å². The maximum absolute atomic E-state index is 13.1. The molecule has 0 bridgehead atoms. The second-order valence-electron chi connectivity index (χ2n) is 9.61. The van der Waals surface area contributed by atoms with Gasteiger partial charge in [-0.2, -0.15) is 15.0 Å². The molecular formula is C29H28N8O2S. The van der Waals surface area contributed by atoms with Crippen LogP contribution in [0.2, 0.25) is 0 Å². The summed E-state index contributed by atoms with van der Waals surface area (Å²) in [6, 6.07) is 15.2. The predicted molar refractivity (Wildman–Crippen MR) is 156 cm³/mol. The number of nitrogen functional groups attached to an aromatic ring is 1. The summed E-state index contributed by atoms with van der Waals surface area (Å²) in [4.78, 5) is 32.3. The molecular weight excluding hydrogens is 524 g/mol. The molecule has 3 heterocycles. The first-order valence-corrected chi connectivity index (χ1v) is 13.9. The Bertz CT molecular complexity index is 1620. The number of hydrogen-bond donors (Lipinski definition) is 4. The number of imidazole rings is 1. The first-order chi connectivity index (χ1) is 19.6. The Labute approximate surface area is 235 Å². The van der Waals surface area contributed by atoms with Crippen molar-refractivity contribution in [2.75, 3.05) is 16.4 Å². The predicted octanol–water partition coefficient (Wildman–Crippen LogP) is 4.79. The minimum atomic E-state index is -0.320. The van der Waals surface area contributed by atoms with Crippen molar-refractivity contribution in [3.8, 4) is 11.4 Å². The molecule has 0 spiro atoms. The third kappa shape index (κ3) is 5.56. The van der Waals surface area contributed by atoms with Crippen LogP contribution in [0.25, 0.3) is 11.4 Å². The van der Waals surface area contributed by atoms with Crippen molar-refractivity contribution in [2.24, 2.45) is 0 Å². The van der Waals surface area contributed by atoms with Crippen molar-refractivity contribution in [2.45, 2.75) is 38.8 Å². The number of aryl methyl sites for hydroxylation is 2. The van der Waals surface area contributed by atoms with Crippen LogP contribution < -0.4 is 16.4 Å². The van der Waals surface area contributed by atoms with E-state index >= 15 is 0 Å².